The summed E-state index contributed by atoms with van der Waals surface area (Å²) in [6.07, 6.45) is 2.27. The van der Waals surface area contributed by atoms with Gasteiger partial charge in [0.05, 0.1) is 10.9 Å². The van der Waals surface area contributed by atoms with E-state index in [9.17, 15) is 4.79 Å². The fourth-order valence-corrected chi connectivity index (χ4v) is 4.19. The van der Waals surface area contributed by atoms with E-state index in [-0.39, 0.29) is 11.6 Å². The maximum Gasteiger partial charge on any atom is 0.262 e. The molecule has 4 rings (SSSR count). The van der Waals surface area contributed by atoms with Crippen molar-refractivity contribution in [3.8, 4) is 11.5 Å². The molecule has 1 aliphatic carbocycles. The fraction of sp³-hybridized carbons (Fsp3) is 0.312. The Hall–Kier alpha value is -1.18. The molecule has 0 aliphatic heterocycles. The SMILES string of the molecule is CC(C1CC1)n1c(-c2cc(Br)[nH]n2)nc2c(Br)cc(Cl)cc2c1=O. The third-order valence-corrected chi connectivity index (χ3v) is 5.64. The molecule has 1 aromatic carbocycles. The third kappa shape index (κ3) is 2.72. The van der Waals surface area contributed by atoms with Gasteiger partial charge in [-0.15, -0.1) is 0 Å². The fourth-order valence-electron chi connectivity index (χ4n) is 2.99. The Morgan fingerprint density at radius 3 is 2.71 bits per heavy atom. The van der Waals surface area contributed by atoms with Gasteiger partial charge in [0, 0.05) is 21.6 Å². The average molecular weight is 473 g/mol. The monoisotopic (exact) mass is 470 g/mol. The number of hydrogen-bond acceptors (Lipinski definition) is 3. The van der Waals surface area contributed by atoms with Crippen molar-refractivity contribution in [3.05, 3.63) is 42.7 Å². The van der Waals surface area contributed by atoms with Gasteiger partial charge in [-0.1, -0.05) is 11.6 Å². The van der Waals surface area contributed by atoms with Gasteiger partial charge in [0.25, 0.3) is 5.56 Å². The Morgan fingerprint density at radius 1 is 1.33 bits per heavy atom. The predicted molar refractivity (Wildman–Crippen MR) is 101 cm³/mol. The molecule has 5 nitrogen and oxygen atoms in total. The zero-order chi connectivity index (χ0) is 17.0. The van der Waals surface area contributed by atoms with Crippen molar-refractivity contribution in [1.82, 2.24) is 19.7 Å². The van der Waals surface area contributed by atoms with Crippen LogP contribution in [0.15, 0.2) is 32.1 Å². The van der Waals surface area contributed by atoms with Crippen LogP contribution in [0.25, 0.3) is 22.4 Å². The molecule has 2 aromatic heterocycles. The lowest BCUT2D eigenvalue weighted by Gasteiger charge is -2.19. The van der Waals surface area contributed by atoms with Crippen LogP contribution in [-0.2, 0) is 0 Å². The van der Waals surface area contributed by atoms with Crippen LogP contribution in [0.4, 0.5) is 0 Å². The van der Waals surface area contributed by atoms with E-state index in [0.717, 1.165) is 17.4 Å². The van der Waals surface area contributed by atoms with Gasteiger partial charge < -0.3 is 0 Å². The maximum atomic E-state index is 13.2. The van der Waals surface area contributed by atoms with Gasteiger partial charge in [-0.25, -0.2) is 4.98 Å². The summed E-state index contributed by atoms with van der Waals surface area (Å²) < 4.78 is 3.20. The van der Waals surface area contributed by atoms with Crippen LogP contribution in [0.5, 0.6) is 0 Å². The van der Waals surface area contributed by atoms with Crippen molar-refractivity contribution in [3.63, 3.8) is 0 Å². The number of aromatic amines is 1. The van der Waals surface area contributed by atoms with E-state index in [1.54, 1.807) is 16.7 Å². The molecule has 1 aliphatic rings. The van der Waals surface area contributed by atoms with Crippen molar-refractivity contribution in [1.29, 1.82) is 0 Å². The van der Waals surface area contributed by atoms with E-state index in [1.807, 2.05) is 6.07 Å². The molecular formula is C16H13Br2ClN4O. The quantitative estimate of drug-likeness (QED) is 0.588. The van der Waals surface area contributed by atoms with Crippen LogP contribution in [0.3, 0.4) is 0 Å². The number of fused-ring (bicyclic) bond motifs is 1. The molecule has 2 heterocycles. The van der Waals surface area contributed by atoms with Gasteiger partial charge in [0.1, 0.15) is 10.3 Å². The molecule has 1 fully saturated rings. The number of rotatable bonds is 3. The molecule has 24 heavy (non-hydrogen) atoms. The second-order valence-corrected chi connectivity index (χ2v) is 8.22. The minimum atomic E-state index is -0.0864. The van der Waals surface area contributed by atoms with E-state index < -0.39 is 0 Å². The summed E-state index contributed by atoms with van der Waals surface area (Å²) in [7, 11) is 0. The summed E-state index contributed by atoms with van der Waals surface area (Å²) in [5.74, 6) is 1.07. The number of benzene rings is 1. The van der Waals surface area contributed by atoms with Crippen molar-refractivity contribution >= 4 is 54.4 Å². The minimum Gasteiger partial charge on any atom is -0.288 e. The maximum absolute atomic E-state index is 13.2. The molecule has 3 aromatic rings. The van der Waals surface area contributed by atoms with Crippen LogP contribution >= 0.6 is 43.5 Å². The van der Waals surface area contributed by atoms with E-state index in [0.29, 0.717) is 37.8 Å². The van der Waals surface area contributed by atoms with Crippen LogP contribution in [0.1, 0.15) is 25.8 Å². The lowest BCUT2D eigenvalue weighted by atomic mass is 10.1. The molecule has 0 radical (unpaired) electrons. The lowest BCUT2D eigenvalue weighted by molar-refractivity contribution is 0.473. The molecule has 0 bridgehead atoms. The minimum absolute atomic E-state index is 0.0673. The van der Waals surface area contributed by atoms with Gasteiger partial charge >= 0.3 is 0 Å². The van der Waals surface area contributed by atoms with Crippen molar-refractivity contribution < 1.29 is 0 Å². The molecule has 0 amide bonds. The zero-order valence-corrected chi connectivity index (χ0v) is 16.6. The molecule has 1 saturated carbocycles. The van der Waals surface area contributed by atoms with Crippen molar-refractivity contribution in [2.45, 2.75) is 25.8 Å². The van der Waals surface area contributed by atoms with Gasteiger partial charge in [-0.2, -0.15) is 5.10 Å². The largest absolute Gasteiger partial charge is 0.288 e. The van der Waals surface area contributed by atoms with Crippen LogP contribution in [-0.4, -0.2) is 19.7 Å². The van der Waals surface area contributed by atoms with Crippen LogP contribution < -0.4 is 5.56 Å². The Bertz CT molecular complexity index is 1010. The van der Waals surface area contributed by atoms with E-state index in [2.05, 4.69) is 49.0 Å². The van der Waals surface area contributed by atoms with Gasteiger partial charge in [0.15, 0.2) is 5.82 Å². The number of nitrogens with one attached hydrogen (secondary N) is 1. The summed E-state index contributed by atoms with van der Waals surface area (Å²) in [5.41, 5.74) is 1.14. The van der Waals surface area contributed by atoms with Gasteiger partial charge in [-0.05, 0) is 69.7 Å². The molecule has 1 unspecified atom stereocenters. The van der Waals surface area contributed by atoms with E-state index in [4.69, 9.17) is 16.6 Å². The second kappa shape index (κ2) is 5.97. The van der Waals surface area contributed by atoms with Crippen LogP contribution in [0, 0.1) is 5.92 Å². The summed E-state index contributed by atoms with van der Waals surface area (Å²) in [6.45, 7) is 2.07. The molecule has 1 N–H and O–H groups in total. The standard InChI is InChI=1S/C16H13Br2ClN4O/c1-7(8-2-3-8)23-15(12-6-13(18)22-21-12)20-14-10(16(23)24)4-9(19)5-11(14)17/h4-8H,2-3H2,1H3,(H,21,22). The number of H-pyrrole nitrogens is 1. The molecule has 124 valence electrons. The normalized spacial score (nSPS) is 15.8. The Kier molecular flexibility index (Phi) is 4.05. The Labute approximate surface area is 159 Å². The van der Waals surface area contributed by atoms with Gasteiger partial charge in [0.2, 0.25) is 0 Å². The highest BCUT2D eigenvalue weighted by Gasteiger charge is 2.32. The number of aromatic nitrogens is 4. The Morgan fingerprint density at radius 2 is 2.08 bits per heavy atom. The topological polar surface area (TPSA) is 63.6 Å². The summed E-state index contributed by atoms with van der Waals surface area (Å²) >= 11 is 13.0. The number of hydrogen-bond donors (Lipinski definition) is 1. The first kappa shape index (κ1) is 16.3. The predicted octanol–water partition coefficient (Wildman–Crippen LogP) is 4.94. The highest BCUT2D eigenvalue weighted by molar-refractivity contribution is 9.10. The van der Waals surface area contributed by atoms with Gasteiger partial charge in [-0.3, -0.25) is 14.5 Å². The molecular weight excluding hydrogens is 459 g/mol. The highest BCUT2D eigenvalue weighted by Crippen LogP contribution is 2.40. The van der Waals surface area contributed by atoms with Crippen molar-refractivity contribution in [2.75, 3.05) is 0 Å². The average Bonchev–Trinajstić information content (AvgIpc) is 3.29. The number of halogens is 3. The molecule has 8 heteroatoms. The lowest BCUT2D eigenvalue weighted by Crippen LogP contribution is -2.27. The zero-order valence-electron chi connectivity index (χ0n) is 12.7. The summed E-state index contributed by atoms with van der Waals surface area (Å²) in [4.78, 5) is 17.9. The molecule has 0 saturated heterocycles. The van der Waals surface area contributed by atoms with Crippen LogP contribution in [0.2, 0.25) is 5.02 Å². The first-order valence-electron chi connectivity index (χ1n) is 7.58. The highest BCUT2D eigenvalue weighted by atomic mass is 79.9. The third-order valence-electron chi connectivity index (χ3n) is 4.41. The second-order valence-electron chi connectivity index (χ2n) is 6.07. The smallest absolute Gasteiger partial charge is 0.262 e. The van der Waals surface area contributed by atoms with Crippen molar-refractivity contribution in [2.24, 2.45) is 5.92 Å². The summed E-state index contributed by atoms with van der Waals surface area (Å²) in [6, 6.07) is 5.32. The summed E-state index contributed by atoms with van der Waals surface area (Å²) in [5, 5.41) is 8.14. The van der Waals surface area contributed by atoms with E-state index >= 15 is 0 Å². The number of nitrogens with zero attached hydrogens (tertiary/aromatic N) is 3. The first-order valence-corrected chi connectivity index (χ1v) is 9.54. The first-order chi connectivity index (χ1) is 11.5. The molecule has 1 atom stereocenters. The Balaban J connectivity index is 2.08. The van der Waals surface area contributed by atoms with E-state index in [1.165, 1.54) is 0 Å². The molecule has 0 spiro atoms.